The van der Waals surface area contributed by atoms with Crippen LogP contribution in [0, 0.1) is 6.92 Å². The average molecular weight is 538 g/mol. The summed E-state index contributed by atoms with van der Waals surface area (Å²) in [6.07, 6.45) is -4.14. The van der Waals surface area contributed by atoms with Gasteiger partial charge in [0.2, 0.25) is 5.65 Å². The lowest BCUT2D eigenvalue weighted by Gasteiger charge is -2.23. The van der Waals surface area contributed by atoms with Crippen LogP contribution in [0.4, 0.5) is 4.39 Å². The summed E-state index contributed by atoms with van der Waals surface area (Å²) in [5, 5.41) is 14.3. The molecule has 2 aromatic rings. The van der Waals surface area contributed by atoms with Crippen molar-refractivity contribution >= 4 is 29.1 Å². The van der Waals surface area contributed by atoms with Crippen LogP contribution in [0.3, 0.4) is 0 Å². The summed E-state index contributed by atoms with van der Waals surface area (Å²) in [5.41, 5.74) is -3.46. The number of imidazole rings is 1. The number of aryl methyl sites for hydroxylation is 1. The van der Waals surface area contributed by atoms with Crippen molar-refractivity contribution < 1.29 is 60.6 Å². The van der Waals surface area contributed by atoms with Crippen LogP contribution in [0.1, 0.15) is 24.5 Å². The Bertz CT molecular complexity index is 1260. The quantitative estimate of drug-likeness (QED) is 0.234. The zero-order valence-corrected chi connectivity index (χ0v) is 19.3. The van der Waals surface area contributed by atoms with Gasteiger partial charge in [-0.1, -0.05) is 0 Å². The zero-order valence-electron chi connectivity index (χ0n) is 16.6. The molecule has 2 unspecified atom stereocenters. The molecule has 6 N–H and O–H groups in total. The fraction of sp³-hybridized carbons (Fsp3) is 0.583. The number of fused-ring (bicyclic) bond motifs is 1. The summed E-state index contributed by atoms with van der Waals surface area (Å²) in [6, 6.07) is 0. The van der Waals surface area contributed by atoms with E-state index in [2.05, 4.69) is 28.2 Å². The van der Waals surface area contributed by atoms with Gasteiger partial charge in [-0.05, 0) is 13.8 Å². The summed E-state index contributed by atoms with van der Waals surface area (Å²) >= 11 is 0. The van der Waals surface area contributed by atoms with Crippen molar-refractivity contribution in [1.82, 2.24) is 19.6 Å². The van der Waals surface area contributed by atoms with Crippen LogP contribution >= 0.6 is 23.5 Å². The summed E-state index contributed by atoms with van der Waals surface area (Å²) in [7, 11) is -16.9. The van der Waals surface area contributed by atoms with Crippen LogP contribution in [0.5, 0.6) is 0 Å². The fourth-order valence-corrected chi connectivity index (χ4v) is 6.08. The zero-order chi connectivity index (χ0) is 25.0. The van der Waals surface area contributed by atoms with Crippen LogP contribution in [-0.2, 0) is 31.6 Å². The monoisotopic (exact) mass is 538 g/mol. The molecule has 1 saturated heterocycles. The number of aromatic amines is 1. The highest BCUT2D eigenvalue weighted by Crippen LogP contribution is 2.66. The van der Waals surface area contributed by atoms with Crippen LogP contribution in [0.2, 0.25) is 0 Å². The van der Waals surface area contributed by atoms with Gasteiger partial charge in [-0.2, -0.15) is 13.7 Å². The first-order chi connectivity index (χ1) is 14.9. The number of nitrogens with one attached hydrogen (secondary N) is 1. The fourth-order valence-electron chi connectivity index (χ4n) is 3.05. The van der Waals surface area contributed by atoms with E-state index in [0.717, 1.165) is 17.6 Å². The third-order valence-electron chi connectivity index (χ3n) is 4.35. The molecule has 21 heteroatoms. The average Bonchev–Trinajstić information content (AvgIpc) is 3.10. The molecule has 1 aliphatic rings. The Morgan fingerprint density at radius 1 is 1.24 bits per heavy atom. The minimum atomic E-state index is -5.76. The number of ether oxygens (including phenoxy) is 1. The number of hydrogen-bond acceptors (Lipinski definition) is 11. The van der Waals surface area contributed by atoms with Crippen LogP contribution < -0.4 is 5.56 Å². The number of aliphatic hydroxyl groups excluding tert-OH is 1. The molecule has 0 radical (unpaired) electrons. The van der Waals surface area contributed by atoms with E-state index in [4.69, 9.17) is 19.4 Å². The predicted octanol–water partition coefficient (Wildman–Crippen LogP) is -0.402. The molecule has 2 aromatic heterocycles. The van der Waals surface area contributed by atoms with Gasteiger partial charge in [0.05, 0.1) is 18.5 Å². The predicted molar refractivity (Wildman–Crippen MR) is 101 cm³/mol. The van der Waals surface area contributed by atoms with Gasteiger partial charge in [-0.15, -0.1) is 0 Å². The molecular weight excluding hydrogens is 520 g/mol. The topological polar surface area (TPSA) is 252 Å². The first-order valence-corrected chi connectivity index (χ1v) is 13.2. The normalized spacial score (nSPS) is 29.8. The molecule has 3 heterocycles. The smallest absolute Gasteiger partial charge is 0.387 e. The molecular formula is C12H18FN4O13P3. The molecule has 0 spiro atoms. The van der Waals surface area contributed by atoms with Crippen LogP contribution in [-0.4, -0.2) is 68.7 Å². The Morgan fingerprint density at radius 2 is 1.88 bits per heavy atom. The Labute approximate surface area is 182 Å². The van der Waals surface area contributed by atoms with Gasteiger partial charge in [0.15, 0.2) is 5.67 Å². The lowest BCUT2D eigenvalue weighted by molar-refractivity contribution is -0.0243. The molecule has 0 aromatic carbocycles. The lowest BCUT2D eigenvalue weighted by atomic mass is 9.93. The maximum Gasteiger partial charge on any atom is 0.490 e. The second-order valence-corrected chi connectivity index (χ2v) is 11.4. The highest BCUT2D eigenvalue weighted by molar-refractivity contribution is 7.66. The van der Waals surface area contributed by atoms with Crippen molar-refractivity contribution in [1.29, 1.82) is 0 Å². The van der Waals surface area contributed by atoms with Gasteiger partial charge in [-0.3, -0.25) is 9.32 Å². The maximum atomic E-state index is 15.3. The standard InChI is InChI=1S/C12H18FN4O13P3/c1-5-15-11(19)10-14-3-6(17(10)16-5)9-12(2,13)8(18)7(28-9)4-27-32(23,24)30-33(25,26)29-31(20,21)22/h3,7-9,18H,4H2,1-2H3,(H,23,24)(H,25,26)(H,15,16,19)(H2,20,21,22)/t7-,8-,9+,12-/m1/s1. The number of phosphoric ester groups is 1. The number of aliphatic hydroxyl groups is 1. The van der Waals surface area contributed by atoms with E-state index in [1.54, 1.807) is 0 Å². The minimum Gasteiger partial charge on any atom is -0.387 e. The van der Waals surface area contributed by atoms with Gasteiger partial charge in [0.1, 0.15) is 24.1 Å². The first-order valence-electron chi connectivity index (χ1n) is 8.67. The van der Waals surface area contributed by atoms with Crippen LogP contribution in [0.25, 0.3) is 5.65 Å². The molecule has 17 nitrogen and oxygen atoms in total. The van der Waals surface area contributed by atoms with E-state index in [1.165, 1.54) is 6.92 Å². The molecule has 0 saturated carbocycles. The second kappa shape index (κ2) is 8.68. The van der Waals surface area contributed by atoms with Crippen molar-refractivity contribution in [2.75, 3.05) is 6.61 Å². The van der Waals surface area contributed by atoms with E-state index in [0.29, 0.717) is 0 Å². The highest BCUT2D eigenvalue weighted by atomic mass is 31.3. The van der Waals surface area contributed by atoms with E-state index in [1.807, 2.05) is 0 Å². The Hall–Kier alpha value is -1.39. The van der Waals surface area contributed by atoms with Gasteiger partial charge in [0.25, 0.3) is 5.56 Å². The van der Waals surface area contributed by atoms with Gasteiger partial charge in [0, 0.05) is 0 Å². The third kappa shape index (κ3) is 5.82. The molecule has 6 atom stereocenters. The Kier molecular flexibility index (Phi) is 6.90. The number of aromatic nitrogens is 4. The number of nitrogens with zero attached hydrogens (tertiary/aromatic N) is 3. The summed E-state index contributed by atoms with van der Waals surface area (Å²) < 4.78 is 67.1. The number of hydrogen-bond donors (Lipinski definition) is 6. The lowest BCUT2D eigenvalue weighted by Crippen LogP contribution is -2.39. The van der Waals surface area contributed by atoms with Crippen molar-refractivity contribution in [3.63, 3.8) is 0 Å². The van der Waals surface area contributed by atoms with Gasteiger partial charge >= 0.3 is 23.5 Å². The number of H-pyrrole nitrogens is 1. The number of halogens is 1. The molecule has 0 aliphatic carbocycles. The molecule has 0 amide bonds. The largest absolute Gasteiger partial charge is 0.490 e. The molecule has 33 heavy (non-hydrogen) atoms. The molecule has 0 bridgehead atoms. The van der Waals surface area contributed by atoms with E-state index >= 15 is 4.39 Å². The Balaban J connectivity index is 1.78. The Morgan fingerprint density at radius 3 is 2.48 bits per heavy atom. The van der Waals surface area contributed by atoms with Crippen molar-refractivity contribution in [2.45, 2.75) is 37.8 Å². The minimum absolute atomic E-state index is 0.0796. The van der Waals surface area contributed by atoms with E-state index in [9.17, 15) is 28.5 Å². The van der Waals surface area contributed by atoms with E-state index < -0.39 is 59.6 Å². The second-order valence-electron chi connectivity index (χ2n) is 7.00. The first kappa shape index (κ1) is 26.2. The molecule has 3 rings (SSSR count). The summed E-state index contributed by atoms with van der Waals surface area (Å²) in [5.74, 6) is 0.162. The molecule has 1 fully saturated rings. The summed E-state index contributed by atoms with van der Waals surface area (Å²) in [4.78, 5) is 53.9. The van der Waals surface area contributed by atoms with Gasteiger partial charge in [-0.25, -0.2) is 27.6 Å². The SMILES string of the molecule is Cc1nn2c([C@@H]3O[C@H](COP(=O)(O)OP(=O)(O)OP(=O)(O)O)[C@@H](O)[C@@]3(C)F)cnc2c(=O)[nH]1. The third-order valence-corrected chi connectivity index (χ3v) is 8.15. The number of phosphoric acid groups is 3. The number of alkyl halides is 1. The number of rotatable bonds is 8. The van der Waals surface area contributed by atoms with Gasteiger partial charge < -0.3 is 34.4 Å². The van der Waals surface area contributed by atoms with Crippen molar-refractivity contribution in [3.05, 3.63) is 28.1 Å². The maximum absolute atomic E-state index is 15.3. The van der Waals surface area contributed by atoms with Crippen LogP contribution in [0.15, 0.2) is 11.0 Å². The molecule has 186 valence electrons. The van der Waals surface area contributed by atoms with Crippen molar-refractivity contribution in [3.8, 4) is 0 Å². The highest BCUT2D eigenvalue weighted by Gasteiger charge is 2.56. The molecule has 1 aliphatic heterocycles. The van der Waals surface area contributed by atoms with Crippen molar-refractivity contribution in [2.24, 2.45) is 0 Å². The van der Waals surface area contributed by atoms with E-state index in [-0.39, 0.29) is 17.2 Å². The summed E-state index contributed by atoms with van der Waals surface area (Å²) in [6.45, 7) is 1.31.